The molecule has 31 heavy (non-hydrogen) atoms. The summed E-state index contributed by atoms with van der Waals surface area (Å²) in [4.78, 5) is 28.1. The van der Waals surface area contributed by atoms with Gasteiger partial charge in [0.2, 0.25) is 6.41 Å². The van der Waals surface area contributed by atoms with Gasteiger partial charge in [0.15, 0.2) is 0 Å². The molecule has 0 aromatic heterocycles. The Balaban J connectivity index is 0.00000272. The van der Waals surface area contributed by atoms with E-state index in [-0.39, 0.29) is 35.7 Å². The van der Waals surface area contributed by atoms with Crippen molar-refractivity contribution in [1.82, 2.24) is 15.1 Å². The van der Waals surface area contributed by atoms with Gasteiger partial charge in [-0.2, -0.15) is 0 Å². The lowest BCUT2D eigenvalue weighted by atomic mass is 9.91. The van der Waals surface area contributed by atoms with Crippen LogP contribution in [0.5, 0.6) is 11.5 Å². The van der Waals surface area contributed by atoms with E-state index in [1.807, 2.05) is 30.9 Å². The Hall–Kier alpha value is -2.77. The molecule has 3 N–H and O–H groups in total. The van der Waals surface area contributed by atoms with E-state index in [4.69, 9.17) is 0 Å². The lowest BCUT2D eigenvalue weighted by Gasteiger charge is -2.27. The molecule has 7 nitrogen and oxygen atoms in total. The molecule has 0 bridgehead atoms. The number of nitrogens with zero attached hydrogens (tertiary/aromatic N) is 2. The summed E-state index contributed by atoms with van der Waals surface area (Å²) in [6.07, 6.45) is 0.768. The topological polar surface area (TPSA) is 93.1 Å². The summed E-state index contributed by atoms with van der Waals surface area (Å²) in [7, 11) is 0. The number of nitrogens with one attached hydrogen (secondary N) is 1. The van der Waals surface area contributed by atoms with Crippen molar-refractivity contribution >= 4 is 24.7 Å². The van der Waals surface area contributed by atoms with E-state index in [2.05, 4.69) is 5.32 Å². The monoisotopic (exact) mass is 445 g/mol. The van der Waals surface area contributed by atoms with Gasteiger partial charge >= 0.3 is 0 Å². The lowest BCUT2D eigenvalue weighted by Crippen LogP contribution is -2.46. The van der Waals surface area contributed by atoms with Crippen molar-refractivity contribution in [3.8, 4) is 11.5 Å². The Morgan fingerprint density at radius 2 is 1.81 bits per heavy atom. The van der Waals surface area contributed by atoms with Crippen LogP contribution in [0.1, 0.15) is 58.4 Å². The number of halogens is 1. The molecular formula is C23H28ClN3O4. The zero-order chi connectivity index (χ0) is 21.4. The summed E-state index contributed by atoms with van der Waals surface area (Å²) in [5, 5.41) is 24.0. The first-order chi connectivity index (χ1) is 14.4. The van der Waals surface area contributed by atoms with Crippen molar-refractivity contribution in [3.05, 3.63) is 58.1 Å². The number of hydrogen-bond acceptors (Lipinski definition) is 5. The van der Waals surface area contributed by atoms with Gasteiger partial charge in [-0.15, -0.1) is 12.4 Å². The van der Waals surface area contributed by atoms with Crippen molar-refractivity contribution < 1.29 is 19.8 Å². The molecule has 8 heteroatoms. The molecule has 2 aromatic rings. The molecule has 2 aliphatic rings. The van der Waals surface area contributed by atoms with E-state index in [9.17, 15) is 19.8 Å². The lowest BCUT2D eigenvalue weighted by molar-refractivity contribution is -0.119. The van der Waals surface area contributed by atoms with Crippen molar-refractivity contribution in [3.63, 3.8) is 0 Å². The van der Waals surface area contributed by atoms with Crippen LogP contribution in [-0.2, 0) is 11.3 Å². The normalized spacial score (nSPS) is 18.0. The second-order valence-electron chi connectivity index (χ2n) is 8.26. The number of amides is 2. The fraction of sp³-hybridized carbons (Fsp3) is 0.391. The number of hydrogen-bond donors (Lipinski definition) is 3. The Kier molecular flexibility index (Phi) is 6.77. The standard InChI is InChI=1S/C23H27N3O4.ClH/c1-14(2)18-10-19(21(29)11-20(18)28)22-17-4-3-15(9-16(17)12-26(22)13-27)23(30)25-7-5-24-6-8-25;/h3-4,9-11,13-14,22,24,28-29H,5-8,12H2,1-2H3;1H. The van der Waals surface area contributed by atoms with Crippen molar-refractivity contribution in [2.45, 2.75) is 32.4 Å². The third-order valence-electron chi connectivity index (χ3n) is 6.00. The molecule has 0 aliphatic carbocycles. The maximum atomic E-state index is 12.9. The molecular weight excluding hydrogens is 418 g/mol. The van der Waals surface area contributed by atoms with Crippen molar-refractivity contribution in [1.29, 1.82) is 0 Å². The molecule has 1 fully saturated rings. The highest BCUT2D eigenvalue weighted by atomic mass is 35.5. The van der Waals surface area contributed by atoms with Gasteiger partial charge < -0.3 is 25.3 Å². The predicted octanol–water partition coefficient (Wildman–Crippen LogP) is 2.75. The van der Waals surface area contributed by atoms with E-state index >= 15 is 0 Å². The molecule has 0 radical (unpaired) electrons. The Morgan fingerprint density at radius 1 is 1.10 bits per heavy atom. The van der Waals surface area contributed by atoms with E-state index in [0.717, 1.165) is 30.6 Å². The first-order valence-electron chi connectivity index (χ1n) is 10.3. The smallest absolute Gasteiger partial charge is 0.253 e. The van der Waals surface area contributed by atoms with Crippen LogP contribution in [0.3, 0.4) is 0 Å². The Bertz CT molecular complexity index is 989. The maximum Gasteiger partial charge on any atom is 0.253 e. The van der Waals surface area contributed by atoms with Crippen LogP contribution in [0.2, 0.25) is 0 Å². The fourth-order valence-corrected chi connectivity index (χ4v) is 4.40. The summed E-state index contributed by atoms with van der Waals surface area (Å²) in [6.45, 7) is 7.22. The van der Waals surface area contributed by atoms with Gasteiger partial charge in [0.05, 0.1) is 6.04 Å². The minimum absolute atomic E-state index is 0. The van der Waals surface area contributed by atoms with E-state index in [0.29, 0.717) is 36.3 Å². The summed E-state index contributed by atoms with van der Waals surface area (Å²) in [6, 6.07) is 8.18. The molecule has 2 aromatic carbocycles. The summed E-state index contributed by atoms with van der Waals surface area (Å²) < 4.78 is 0. The van der Waals surface area contributed by atoms with Crippen LogP contribution in [-0.4, -0.2) is 58.5 Å². The number of carbonyl (C=O) groups excluding carboxylic acids is 2. The minimum atomic E-state index is -0.459. The molecule has 0 spiro atoms. The first kappa shape index (κ1) is 22.9. The molecule has 166 valence electrons. The fourth-order valence-electron chi connectivity index (χ4n) is 4.40. The Labute approximate surface area is 188 Å². The first-order valence-corrected chi connectivity index (χ1v) is 10.3. The Morgan fingerprint density at radius 3 is 2.45 bits per heavy atom. The molecule has 1 unspecified atom stereocenters. The van der Waals surface area contributed by atoms with Gasteiger partial charge in [0, 0.05) is 49.9 Å². The van der Waals surface area contributed by atoms with Crippen LogP contribution in [0.25, 0.3) is 0 Å². The molecule has 1 atom stereocenters. The van der Waals surface area contributed by atoms with Crippen LogP contribution in [0, 0.1) is 0 Å². The van der Waals surface area contributed by atoms with Crippen LogP contribution in [0.15, 0.2) is 30.3 Å². The predicted molar refractivity (Wildman–Crippen MR) is 120 cm³/mol. The zero-order valence-electron chi connectivity index (χ0n) is 17.7. The molecule has 2 aliphatic heterocycles. The zero-order valence-corrected chi connectivity index (χ0v) is 18.5. The molecule has 1 saturated heterocycles. The second-order valence-corrected chi connectivity index (χ2v) is 8.26. The van der Waals surface area contributed by atoms with Crippen molar-refractivity contribution in [2.24, 2.45) is 0 Å². The quantitative estimate of drug-likeness (QED) is 0.629. The van der Waals surface area contributed by atoms with Gasteiger partial charge in [0.25, 0.3) is 5.91 Å². The maximum absolute atomic E-state index is 12.9. The highest BCUT2D eigenvalue weighted by molar-refractivity contribution is 5.94. The SMILES string of the molecule is CC(C)c1cc(C2c3ccc(C(=O)N4CCNCC4)cc3CN2C=O)c(O)cc1O.Cl. The number of benzene rings is 2. The molecule has 0 saturated carbocycles. The third kappa shape index (κ3) is 4.20. The average Bonchev–Trinajstić information content (AvgIpc) is 3.11. The second kappa shape index (κ2) is 9.16. The molecule has 2 heterocycles. The van der Waals surface area contributed by atoms with Crippen molar-refractivity contribution in [2.75, 3.05) is 26.2 Å². The number of phenolic OH excluding ortho intramolecular Hbond substituents is 2. The van der Waals surface area contributed by atoms with Gasteiger partial charge in [0.1, 0.15) is 11.5 Å². The molecule has 2 amide bonds. The van der Waals surface area contributed by atoms with Crippen LogP contribution >= 0.6 is 12.4 Å². The van der Waals surface area contributed by atoms with Gasteiger partial charge in [-0.1, -0.05) is 19.9 Å². The number of fused-ring (bicyclic) bond motifs is 1. The highest BCUT2D eigenvalue weighted by Crippen LogP contribution is 2.44. The average molecular weight is 446 g/mol. The van der Waals surface area contributed by atoms with Gasteiger partial charge in [-0.3, -0.25) is 9.59 Å². The van der Waals surface area contributed by atoms with E-state index in [1.54, 1.807) is 17.0 Å². The van der Waals surface area contributed by atoms with Gasteiger partial charge in [-0.05, 0) is 40.8 Å². The number of rotatable bonds is 4. The number of carbonyl (C=O) groups is 2. The number of phenols is 2. The molecule has 4 rings (SSSR count). The van der Waals surface area contributed by atoms with E-state index < -0.39 is 6.04 Å². The number of piperazine rings is 1. The van der Waals surface area contributed by atoms with E-state index in [1.165, 1.54) is 6.07 Å². The number of aromatic hydroxyl groups is 2. The third-order valence-corrected chi connectivity index (χ3v) is 6.00. The summed E-state index contributed by atoms with van der Waals surface area (Å²) in [5.41, 5.74) is 3.68. The van der Waals surface area contributed by atoms with Gasteiger partial charge in [-0.25, -0.2) is 0 Å². The summed E-state index contributed by atoms with van der Waals surface area (Å²) >= 11 is 0. The largest absolute Gasteiger partial charge is 0.508 e. The van der Waals surface area contributed by atoms with Crippen LogP contribution in [0.4, 0.5) is 0 Å². The van der Waals surface area contributed by atoms with Crippen LogP contribution < -0.4 is 5.32 Å². The highest BCUT2D eigenvalue weighted by Gasteiger charge is 2.34. The minimum Gasteiger partial charge on any atom is -0.508 e. The summed E-state index contributed by atoms with van der Waals surface area (Å²) in [5.74, 6) is 0.0468.